The Hall–Kier alpha value is -1.58. The molecule has 20 heavy (non-hydrogen) atoms. The normalized spacial score (nSPS) is 13.8. The van der Waals surface area contributed by atoms with E-state index >= 15 is 0 Å². The van der Waals surface area contributed by atoms with Crippen molar-refractivity contribution in [2.24, 2.45) is 5.73 Å². The molecule has 1 aliphatic heterocycles. The molecule has 1 aliphatic rings. The lowest BCUT2D eigenvalue weighted by atomic mass is 9.90. The van der Waals surface area contributed by atoms with Gasteiger partial charge in [-0.05, 0) is 53.8 Å². The molecule has 104 valence electrons. The molecule has 1 heterocycles. The summed E-state index contributed by atoms with van der Waals surface area (Å²) < 4.78 is 13.5. The fraction of sp³-hybridized carbons (Fsp3) is 0.250. The van der Waals surface area contributed by atoms with Gasteiger partial charge in [0, 0.05) is 29.4 Å². The Kier molecular flexibility index (Phi) is 3.64. The van der Waals surface area contributed by atoms with Crippen LogP contribution in [0.2, 0.25) is 5.02 Å². The Morgan fingerprint density at radius 1 is 1.20 bits per heavy atom. The van der Waals surface area contributed by atoms with E-state index in [1.807, 2.05) is 12.1 Å². The summed E-state index contributed by atoms with van der Waals surface area (Å²) in [4.78, 5) is 0. The van der Waals surface area contributed by atoms with Crippen LogP contribution in [0.25, 0.3) is 11.1 Å². The number of halogens is 2. The van der Waals surface area contributed by atoms with Gasteiger partial charge in [0.1, 0.15) is 5.82 Å². The monoisotopic (exact) mass is 290 g/mol. The molecule has 0 fully saturated rings. The van der Waals surface area contributed by atoms with Gasteiger partial charge in [0.25, 0.3) is 0 Å². The van der Waals surface area contributed by atoms with Crippen molar-refractivity contribution in [1.82, 2.24) is 0 Å². The van der Waals surface area contributed by atoms with Gasteiger partial charge >= 0.3 is 0 Å². The lowest BCUT2D eigenvalue weighted by Gasteiger charge is -2.23. The first-order chi connectivity index (χ1) is 9.70. The second-order valence-electron chi connectivity index (χ2n) is 4.98. The minimum Gasteiger partial charge on any atom is -0.385 e. The van der Waals surface area contributed by atoms with E-state index in [1.54, 1.807) is 6.07 Å². The highest BCUT2D eigenvalue weighted by atomic mass is 35.5. The van der Waals surface area contributed by atoms with Crippen LogP contribution >= 0.6 is 11.6 Å². The maximum Gasteiger partial charge on any atom is 0.123 e. The predicted molar refractivity (Wildman–Crippen MR) is 81.5 cm³/mol. The largest absolute Gasteiger partial charge is 0.385 e. The van der Waals surface area contributed by atoms with Crippen molar-refractivity contribution in [3.05, 3.63) is 52.3 Å². The summed E-state index contributed by atoms with van der Waals surface area (Å²) in [5.41, 5.74) is 11.0. The van der Waals surface area contributed by atoms with E-state index in [4.69, 9.17) is 17.3 Å². The van der Waals surface area contributed by atoms with Crippen molar-refractivity contribution in [1.29, 1.82) is 0 Å². The zero-order valence-electron chi connectivity index (χ0n) is 11.0. The molecule has 2 aromatic rings. The average molecular weight is 291 g/mol. The maximum absolute atomic E-state index is 13.5. The number of hydrogen-bond donors (Lipinski definition) is 2. The summed E-state index contributed by atoms with van der Waals surface area (Å²) in [7, 11) is 0. The molecule has 4 heteroatoms. The third-order valence-corrected chi connectivity index (χ3v) is 4.10. The van der Waals surface area contributed by atoms with Gasteiger partial charge < -0.3 is 11.1 Å². The fourth-order valence-corrected chi connectivity index (χ4v) is 3.04. The number of anilines is 1. The van der Waals surface area contributed by atoms with Crippen molar-refractivity contribution >= 4 is 17.3 Å². The van der Waals surface area contributed by atoms with Crippen LogP contribution in [0.3, 0.4) is 0 Å². The molecule has 3 rings (SSSR count). The van der Waals surface area contributed by atoms with Crippen LogP contribution in [0, 0.1) is 5.82 Å². The summed E-state index contributed by atoms with van der Waals surface area (Å²) in [5.74, 6) is -0.289. The number of nitrogens with two attached hydrogens (primary N) is 1. The Morgan fingerprint density at radius 2 is 2.05 bits per heavy atom. The fourth-order valence-electron chi connectivity index (χ4n) is 2.82. The van der Waals surface area contributed by atoms with Crippen molar-refractivity contribution in [3.63, 3.8) is 0 Å². The molecule has 0 saturated heterocycles. The van der Waals surface area contributed by atoms with Crippen molar-refractivity contribution in [3.8, 4) is 11.1 Å². The van der Waals surface area contributed by atoms with Gasteiger partial charge in [0.05, 0.1) is 0 Å². The summed E-state index contributed by atoms with van der Waals surface area (Å²) in [6.07, 6.45) is 2.08. The first-order valence-electron chi connectivity index (χ1n) is 6.75. The Bertz CT molecular complexity index is 655. The SMILES string of the molecule is NCc1c(-c2cc(F)ccc2Cl)ccc2c1CCCN2. The van der Waals surface area contributed by atoms with Crippen LogP contribution in [0.5, 0.6) is 0 Å². The van der Waals surface area contributed by atoms with E-state index < -0.39 is 0 Å². The van der Waals surface area contributed by atoms with Gasteiger partial charge in [-0.15, -0.1) is 0 Å². The van der Waals surface area contributed by atoms with Crippen LogP contribution in [0.1, 0.15) is 17.5 Å². The molecule has 3 N–H and O–H groups in total. The van der Waals surface area contributed by atoms with E-state index in [0.29, 0.717) is 17.1 Å². The van der Waals surface area contributed by atoms with Crippen LogP contribution in [-0.4, -0.2) is 6.54 Å². The second-order valence-corrected chi connectivity index (χ2v) is 5.38. The van der Waals surface area contributed by atoms with Crippen LogP contribution < -0.4 is 11.1 Å². The zero-order chi connectivity index (χ0) is 14.1. The molecule has 0 unspecified atom stereocenters. The van der Waals surface area contributed by atoms with Crippen LogP contribution in [0.4, 0.5) is 10.1 Å². The molecule has 0 bridgehead atoms. The molecule has 0 aliphatic carbocycles. The van der Waals surface area contributed by atoms with Gasteiger partial charge in [-0.2, -0.15) is 0 Å². The first kappa shape index (κ1) is 13.4. The summed E-state index contributed by atoms with van der Waals surface area (Å²) >= 11 is 6.22. The van der Waals surface area contributed by atoms with Gasteiger partial charge in [0.15, 0.2) is 0 Å². The number of fused-ring (bicyclic) bond motifs is 1. The molecule has 0 atom stereocenters. The summed E-state index contributed by atoms with van der Waals surface area (Å²) in [5, 5.41) is 3.93. The van der Waals surface area contributed by atoms with E-state index in [0.717, 1.165) is 36.2 Å². The van der Waals surface area contributed by atoms with Gasteiger partial charge in [-0.3, -0.25) is 0 Å². The number of benzene rings is 2. The van der Waals surface area contributed by atoms with Crippen molar-refractivity contribution in [2.75, 3.05) is 11.9 Å². The third kappa shape index (κ3) is 2.28. The van der Waals surface area contributed by atoms with Crippen molar-refractivity contribution in [2.45, 2.75) is 19.4 Å². The molecule has 0 saturated carbocycles. The van der Waals surface area contributed by atoms with Crippen LogP contribution in [0.15, 0.2) is 30.3 Å². The molecular formula is C16H16ClFN2. The van der Waals surface area contributed by atoms with Gasteiger partial charge in [-0.1, -0.05) is 17.7 Å². The smallest absolute Gasteiger partial charge is 0.123 e. The van der Waals surface area contributed by atoms with E-state index in [-0.39, 0.29) is 5.82 Å². The highest BCUT2D eigenvalue weighted by Gasteiger charge is 2.17. The molecular weight excluding hydrogens is 275 g/mol. The summed E-state index contributed by atoms with van der Waals surface area (Å²) in [6, 6.07) is 8.43. The Morgan fingerprint density at radius 3 is 2.85 bits per heavy atom. The molecule has 0 radical (unpaired) electrons. The maximum atomic E-state index is 13.5. The lowest BCUT2D eigenvalue weighted by Crippen LogP contribution is -2.15. The Balaban J connectivity index is 2.21. The zero-order valence-corrected chi connectivity index (χ0v) is 11.8. The Labute approximate surface area is 122 Å². The van der Waals surface area contributed by atoms with Gasteiger partial charge in [-0.25, -0.2) is 4.39 Å². The number of nitrogens with one attached hydrogen (secondary N) is 1. The molecule has 2 aromatic carbocycles. The lowest BCUT2D eigenvalue weighted by molar-refractivity contribution is 0.628. The standard InChI is InChI=1S/C16H16ClFN2/c17-15-5-3-10(18)8-13(15)11-4-6-16-12(14(11)9-19)2-1-7-20-16/h3-6,8,20H,1-2,7,9,19H2. The summed E-state index contributed by atoms with van der Waals surface area (Å²) in [6.45, 7) is 1.41. The van der Waals surface area contributed by atoms with E-state index in [1.165, 1.54) is 17.7 Å². The molecule has 0 aromatic heterocycles. The van der Waals surface area contributed by atoms with Crippen molar-refractivity contribution < 1.29 is 4.39 Å². The number of hydrogen-bond acceptors (Lipinski definition) is 2. The molecule has 0 amide bonds. The first-order valence-corrected chi connectivity index (χ1v) is 7.12. The average Bonchev–Trinajstić information content (AvgIpc) is 2.48. The second kappa shape index (κ2) is 5.43. The highest BCUT2D eigenvalue weighted by Crippen LogP contribution is 2.36. The van der Waals surface area contributed by atoms with Crippen LogP contribution in [-0.2, 0) is 13.0 Å². The molecule has 0 spiro atoms. The van der Waals surface area contributed by atoms with E-state index in [9.17, 15) is 4.39 Å². The number of rotatable bonds is 2. The minimum atomic E-state index is -0.289. The highest BCUT2D eigenvalue weighted by molar-refractivity contribution is 6.33. The minimum absolute atomic E-state index is 0.289. The topological polar surface area (TPSA) is 38.0 Å². The quantitative estimate of drug-likeness (QED) is 0.878. The molecule has 2 nitrogen and oxygen atoms in total. The third-order valence-electron chi connectivity index (χ3n) is 3.77. The predicted octanol–water partition coefficient (Wildman–Crippen LogP) is 3.96. The van der Waals surface area contributed by atoms with Gasteiger partial charge in [0.2, 0.25) is 0 Å². The van der Waals surface area contributed by atoms with E-state index in [2.05, 4.69) is 5.32 Å².